The van der Waals surface area contributed by atoms with Crippen molar-refractivity contribution >= 4 is 28.5 Å². The molecule has 0 spiro atoms. The number of fused-ring (bicyclic) bond motifs is 1. The van der Waals surface area contributed by atoms with Gasteiger partial charge in [0.25, 0.3) is 5.91 Å². The summed E-state index contributed by atoms with van der Waals surface area (Å²) in [5.41, 5.74) is 2.60. The van der Waals surface area contributed by atoms with Crippen LogP contribution in [0.4, 0.5) is 0 Å². The number of pyridine rings is 1. The van der Waals surface area contributed by atoms with E-state index in [0.717, 1.165) is 36.4 Å². The molecule has 1 aromatic carbocycles. The predicted octanol–water partition coefficient (Wildman–Crippen LogP) is 4.70. The van der Waals surface area contributed by atoms with Gasteiger partial charge >= 0.3 is 0 Å². The predicted molar refractivity (Wildman–Crippen MR) is 114 cm³/mol. The Hall–Kier alpha value is -2.60. The van der Waals surface area contributed by atoms with Crippen molar-refractivity contribution in [2.75, 3.05) is 7.11 Å². The smallest absolute Gasteiger partial charge is 0.254 e. The summed E-state index contributed by atoms with van der Waals surface area (Å²) in [6.07, 6.45) is 6.08. The zero-order chi connectivity index (χ0) is 20.5. The van der Waals surface area contributed by atoms with Gasteiger partial charge in [-0.3, -0.25) is 4.79 Å². The first kappa shape index (κ1) is 19.7. The van der Waals surface area contributed by atoms with E-state index < -0.39 is 0 Å². The van der Waals surface area contributed by atoms with Crippen LogP contribution in [0.2, 0.25) is 5.02 Å². The number of ether oxygens (including phenoxy) is 1. The number of nitrogens with zero attached hydrogens (tertiary/aromatic N) is 3. The number of benzene rings is 1. The third-order valence-electron chi connectivity index (χ3n) is 5.80. The highest BCUT2D eigenvalue weighted by Gasteiger charge is 2.26. The molecule has 2 heterocycles. The molecule has 152 valence electrons. The molecule has 29 heavy (non-hydrogen) atoms. The third kappa shape index (κ3) is 3.69. The second-order valence-electron chi connectivity index (χ2n) is 7.72. The minimum Gasteiger partial charge on any atom is -0.497 e. The molecular weight excluding hydrogens is 388 g/mol. The average molecular weight is 413 g/mol. The van der Waals surface area contributed by atoms with E-state index in [4.69, 9.17) is 16.3 Å². The SMILES string of the molecule is COc1ccc(-n2nc(C)c3c(Cl)c(C(=O)N[C@H]4CCCC[C@H]4C)cnc32)cc1. The first-order chi connectivity index (χ1) is 14.0. The number of hydrogen-bond donors (Lipinski definition) is 1. The molecule has 1 aliphatic rings. The van der Waals surface area contributed by atoms with Crippen LogP contribution in [0.25, 0.3) is 16.7 Å². The lowest BCUT2D eigenvalue weighted by Crippen LogP contribution is -2.41. The summed E-state index contributed by atoms with van der Waals surface area (Å²) in [4.78, 5) is 17.4. The van der Waals surface area contributed by atoms with Crippen LogP contribution in [0.5, 0.6) is 5.75 Å². The first-order valence-corrected chi connectivity index (χ1v) is 10.4. The average Bonchev–Trinajstić information content (AvgIpc) is 3.07. The zero-order valence-electron chi connectivity index (χ0n) is 16.9. The molecule has 1 amide bonds. The number of carbonyl (C=O) groups is 1. The van der Waals surface area contributed by atoms with Crippen molar-refractivity contribution in [3.63, 3.8) is 0 Å². The number of aryl methyl sites for hydroxylation is 1. The van der Waals surface area contributed by atoms with E-state index >= 15 is 0 Å². The zero-order valence-corrected chi connectivity index (χ0v) is 17.7. The van der Waals surface area contributed by atoms with Crippen LogP contribution in [0, 0.1) is 12.8 Å². The number of hydrogen-bond acceptors (Lipinski definition) is 4. The molecular formula is C22H25ClN4O2. The van der Waals surface area contributed by atoms with E-state index in [9.17, 15) is 4.79 Å². The Labute approximate surface area is 175 Å². The van der Waals surface area contributed by atoms with Gasteiger partial charge in [0.1, 0.15) is 5.75 Å². The van der Waals surface area contributed by atoms with Gasteiger partial charge in [0.15, 0.2) is 5.65 Å². The number of aromatic nitrogens is 3. The van der Waals surface area contributed by atoms with Gasteiger partial charge in [-0.2, -0.15) is 5.10 Å². The first-order valence-electron chi connectivity index (χ1n) is 9.98. The number of halogens is 1. The second kappa shape index (κ2) is 8.03. The summed E-state index contributed by atoms with van der Waals surface area (Å²) in [5, 5.41) is 8.86. The van der Waals surface area contributed by atoms with Crippen molar-refractivity contribution in [3.05, 3.63) is 46.7 Å². The van der Waals surface area contributed by atoms with E-state index in [2.05, 4.69) is 22.3 Å². The van der Waals surface area contributed by atoms with E-state index in [0.29, 0.717) is 27.5 Å². The van der Waals surface area contributed by atoms with Gasteiger partial charge in [-0.05, 0) is 49.9 Å². The fourth-order valence-electron chi connectivity index (χ4n) is 4.05. The summed E-state index contributed by atoms with van der Waals surface area (Å²) in [6.45, 7) is 4.07. The van der Waals surface area contributed by atoms with E-state index in [-0.39, 0.29) is 11.9 Å². The molecule has 1 fully saturated rings. The molecule has 2 aromatic heterocycles. The number of nitrogens with one attached hydrogen (secondary N) is 1. The van der Waals surface area contributed by atoms with Crippen molar-refractivity contribution < 1.29 is 9.53 Å². The number of amides is 1. The fourth-order valence-corrected chi connectivity index (χ4v) is 4.40. The van der Waals surface area contributed by atoms with Crippen molar-refractivity contribution in [2.45, 2.75) is 45.6 Å². The molecule has 4 rings (SSSR count). The standard InChI is InChI=1S/C22H25ClN4O2/c1-13-6-4-5-7-18(13)25-22(28)17-12-24-21-19(20(17)23)14(2)26-27(21)15-8-10-16(29-3)11-9-15/h8-13,18H,4-7H2,1-3H3,(H,25,28)/t13-,18+/m1/s1. The minimum atomic E-state index is -0.167. The molecule has 7 heteroatoms. The largest absolute Gasteiger partial charge is 0.497 e. The summed E-state index contributed by atoms with van der Waals surface area (Å²) in [7, 11) is 1.63. The lowest BCUT2D eigenvalue weighted by atomic mass is 9.86. The van der Waals surface area contributed by atoms with Crippen molar-refractivity contribution in [1.82, 2.24) is 20.1 Å². The number of rotatable bonds is 4. The molecule has 1 saturated carbocycles. The Morgan fingerprint density at radius 3 is 2.66 bits per heavy atom. The molecule has 6 nitrogen and oxygen atoms in total. The lowest BCUT2D eigenvalue weighted by molar-refractivity contribution is 0.0910. The normalized spacial score (nSPS) is 19.3. The maximum atomic E-state index is 12.9. The molecule has 1 aliphatic carbocycles. The van der Waals surface area contributed by atoms with Gasteiger partial charge in [-0.25, -0.2) is 9.67 Å². The topological polar surface area (TPSA) is 69.0 Å². The second-order valence-corrected chi connectivity index (χ2v) is 8.10. The monoisotopic (exact) mass is 412 g/mol. The Kier molecular flexibility index (Phi) is 5.46. The molecule has 0 unspecified atom stereocenters. The van der Waals surface area contributed by atoms with Gasteiger partial charge < -0.3 is 10.1 Å². The van der Waals surface area contributed by atoms with Crippen molar-refractivity contribution in [2.24, 2.45) is 5.92 Å². The van der Waals surface area contributed by atoms with Crippen LogP contribution >= 0.6 is 11.6 Å². The van der Waals surface area contributed by atoms with Crippen molar-refractivity contribution in [1.29, 1.82) is 0 Å². The fraction of sp³-hybridized carbons (Fsp3) is 0.409. The van der Waals surface area contributed by atoms with Gasteiger partial charge in [0.2, 0.25) is 0 Å². The molecule has 1 N–H and O–H groups in total. The van der Waals surface area contributed by atoms with Crippen LogP contribution in [0.3, 0.4) is 0 Å². The highest BCUT2D eigenvalue weighted by Crippen LogP contribution is 2.31. The summed E-state index contributed by atoms with van der Waals surface area (Å²) in [6, 6.07) is 7.74. The van der Waals surface area contributed by atoms with Crippen LogP contribution < -0.4 is 10.1 Å². The van der Waals surface area contributed by atoms with Gasteiger partial charge in [0, 0.05) is 12.2 Å². The molecule has 3 aromatic rings. The van der Waals surface area contributed by atoms with Crippen molar-refractivity contribution in [3.8, 4) is 11.4 Å². The lowest BCUT2D eigenvalue weighted by Gasteiger charge is -2.29. The number of methoxy groups -OCH3 is 1. The van der Waals surface area contributed by atoms with Gasteiger partial charge in [0.05, 0.1) is 34.5 Å². The summed E-state index contributed by atoms with van der Waals surface area (Å²) < 4.78 is 6.95. The molecule has 0 aliphatic heterocycles. The molecule has 0 saturated heterocycles. The van der Waals surface area contributed by atoms with Crippen LogP contribution in [0.1, 0.15) is 48.7 Å². The highest BCUT2D eigenvalue weighted by atomic mass is 35.5. The van der Waals surface area contributed by atoms with E-state index in [1.54, 1.807) is 18.0 Å². The summed E-state index contributed by atoms with van der Waals surface area (Å²) in [5.74, 6) is 1.08. The van der Waals surface area contributed by atoms with Gasteiger partial charge in [-0.1, -0.05) is 31.4 Å². The minimum absolute atomic E-state index is 0.167. The Morgan fingerprint density at radius 2 is 1.97 bits per heavy atom. The third-order valence-corrected chi connectivity index (χ3v) is 6.19. The van der Waals surface area contributed by atoms with E-state index in [1.807, 2.05) is 31.2 Å². The quantitative estimate of drug-likeness (QED) is 0.674. The maximum absolute atomic E-state index is 12.9. The van der Waals surface area contributed by atoms with Crippen LogP contribution in [0.15, 0.2) is 30.5 Å². The Morgan fingerprint density at radius 1 is 1.24 bits per heavy atom. The van der Waals surface area contributed by atoms with Gasteiger partial charge in [-0.15, -0.1) is 0 Å². The Bertz CT molecular complexity index is 1050. The highest BCUT2D eigenvalue weighted by molar-refractivity contribution is 6.38. The molecule has 0 bridgehead atoms. The Balaban J connectivity index is 1.68. The molecule has 0 radical (unpaired) electrons. The van der Waals surface area contributed by atoms with Crippen LogP contribution in [-0.4, -0.2) is 33.8 Å². The van der Waals surface area contributed by atoms with E-state index in [1.165, 1.54) is 6.42 Å². The van der Waals surface area contributed by atoms with Crippen LogP contribution in [-0.2, 0) is 0 Å². The number of carbonyl (C=O) groups excluding carboxylic acids is 1. The molecule has 2 atom stereocenters. The maximum Gasteiger partial charge on any atom is 0.254 e. The summed E-state index contributed by atoms with van der Waals surface area (Å²) >= 11 is 6.67.